The summed E-state index contributed by atoms with van der Waals surface area (Å²) in [4.78, 5) is 48.2. The molecular weight excluding hydrogens is 398 g/mol. The van der Waals surface area contributed by atoms with Gasteiger partial charge in [0.05, 0.1) is 39.6 Å². The summed E-state index contributed by atoms with van der Waals surface area (Å²) in [7, 11) is 0. The molecule has 30 heavy (non-hydrogen) atoms. The van der Waals surface area contributed by atoms with Gasteiger partial charge in [0.2, 0.25) is 0 Å². The number of hydrogen-bond donors (Lipinski definition) is 0. The van der Waals surface area contributed by atoms with Gasteiger partial charge >= 0.3 is 23.9 Å². The third-order valence-corrected chi connectivity index (χ3v) is 3.83. The third-order valence-electron chi connectivity index (χ3n) is 3.83. The smallest absolute Gasteiger partial charge is 0.331 e. The number of carbonyl (C=O) groups is 4. The number of carbonyl (C=O) groups excluding carboxylic acids is 4. The average molecular weight is 427 g/mol. The molecule has 1 aliphatic rings. The minimum atomic E-state index is -0.705. The molecule has 0 aromatic heterocycles. The molecule has 1 rings (SSSR count). The molecule has 1 aliphatic heterocycles. The van der Waals surface area contributed by atoms with Crippen molar-refractivity contribution in [3.63, 3.8) is 0 Å². The van der Waals surface area contributed by atoms with Crippen LogP contribution in [-0.2, 0) is 42.9 Å². The first-order chi connectivity index (χ1) is 14.4. The fourth-order valence-electron chi connectivity index (χ4n) is 2.45. The second-order valence-corrected chi connectivity index (χ2v) is 6.21. The Kier molecular flexibility index (Phi) is 12.8. The second-order valence-electron chi connectivity index (χ2n) is 6.21. The van der Waals surface area contributed by atoms with Crippen LogP contribution in [0.5, 0.6) is 0 Å². The molecule has 0 spiro atoms. The molecule has 0 bridgehead atoms. The standard InChI is InChI=1S/C20H29NO9/c1-3-27-17(22)5-7-19(24)29-14-16(13-21-9-11-26-12-10-21)15-30-20(25)8-6-18(23)28-4-2/h5-8,16H,3-4,9-15H2,1-2H3/b7-5+,8-6+. The predicted octanol–water partition coefficient (Wildman–Crippen LogP) is 0.260. The summed E-state index contributed by atoms with van der Waals surface area (Å²) in [6.45, 7) is 6.82. The average Bonchev–Trinajstić information content (AvgIpc) is 2.73. The Morgan fingerprint density at radius 3 is 1.57 bits per heavy atom. The van der Waals surface area contributed by atoms with E-state index in [2.05, 4.69) is 14.4 Å². The molecule has 0 saturated carbocycles. The van der Waals surface area contributed by atoms with Crippen molar-refractivity contribution in [3.8, 4) is 0 Å². The summed E-state index contributed by atoms with van der Waals surface area (Å²) >= 11 is 0. The van der Waals surface area contributed by atoms with E-state index in [0.717, 1.165) is 24.3 Å². The van der Waals surface area contributed by atoms with Crippen LogP contribution in [0.1, 0.15) is 13.8 Å². The van der Waals surface area contributed by atoms with Crippen molar-refractivity contribution in [2.45, 2.75) is 13.8 Å². The van der Waals surface area contributed by atoms with E-state index in [0.29, 0.717) is 32.8 Å². The van der Waals surface area contributed by atoms with Gasteiger partial charge in [0, 0.05) is 49.9 Å². The minimum absolute atomic E-state index is 0.0156. The molecule has 10 heteroatoms. The molecule has 0 amide bonds. The minimum Gasteiger partial charge on any atom is -0.463 e. The van der Waals surface area contributed by atoms with Gasteiger partial charge < -0.3 is 23.7 Å². The summed E-state index contributed by atoms with van der Waals surface area (Å²) in [5, 5.41) is 0. The van der Waals surface area contributed by atoms with Gasteiger partial charge in [-0.1, -0.05) is 0 Å². The lowest BCUT2D eigenvalue weighted by Gasteiger charge is -2.30. The molecule has 0 aromatic carbocycles. The summed E-state index contributed by atoms with van der Waals surface area (Å²) in [5.41, 5.74) is 0. The van der Waals surface area contributed by atoms with Gasteiger partial charge in [-0.2, -0.15) is 0 Å². The maximum Gasteiger partial charge on any atom is 0.331 e. The van der Waals surface area contributed by atoms with Gasteiger partial charge in [-0.05, 0) is 13.8 Å². The van der Waals surface area contributed by atoms with Crippen LogP contribution in [0.25, 0.3) is 0 Å². The lowest BCUT2D eigenvalue weighted by Crippen LogP contribution is -2.41. The first kappa shape index (κ1) is 25.3. The van der Waals surface area contributed by atoms with Crippen molar-refractivity contribution < 1.29 is 42.9 Å². The van der Waals surface area contributed by atoms with Crippen LogP contribution < -0.4 is 0 Å². The van der Waals surface area contributed by atoms with Gasteiger partial charge in [-0.25, -0.2) is 19.2 Å². The third kappa shape index (κ3) is 12.0. The van der Waals surface area contributed by atoms with Gasteiger partial charge in [0.25, 0.3) is 0 Å². The monoisotopic (exact) mass is 427 g/mol. The lowest BCUT2D eigenvalue weighted by molar-refractivity contribution is -0.145. The zero-order valence-corrected chi connectivity index (χ0v) is 17.4. The van der Waals surface area contributed by atoms with E-state index in [1.807, 2.05) is 0 Å². The number of ether oxygens (including phenoxy) is 5. The Morgan fingerprint density at radius 2 is 1.17 bits per heavy atom. The van der Waals surface area contributed by atoms with Gasteiger partial charge in [-0.15, -0.1) is 0 Å². The van der Waals surface area contributed by atoms with Crippen molar-refractivity contribution >= 4 is 23.9 Å². The number of esters is 4. The van der Waals surface area contributed by atoms with Crippen molar-refractivity contribution in [3.05, 3.63) is 24.3 Å². The summed E-state index contributed by atoms with van der Waals surface area (Å²) < 4.78 is 25.0. The van der Waals surface area contributed by atoms with Crippen LogP contribution in [0.15, 0.2) is 24.3 Å². The summed E-state index contributed by atoms with van der Waals surface area (Å²) in [6, 6.07) is 0. The van der Waals surface area contributed by atoms with Crippen molar-refractivity contribution in [2.24, 2.45) is 5.92 Å². The molecule has 1 saturated heterocycles. The van der Waals surface area contributed by atoms with E-state index < -0.39 is 23.9 Å². The normalized spacial score (nSPS) is 14.8. The first-order valence-electron chi connectivity index (χ1n) is 9.77. The zero-order chi connectivity index (χ0) is 22.2. The maximum absolute atomic E-state index is 11.8. The highest BCUT2D eigenvalue weighted by atomic mass is 16.6. The molecule has 0 aromatic rings. The van der Waals surface area contributed by atoms with E-state index in [-0.39, 0.29) is 32.3 Å². The van der Waals surface area contributed by atoms with Crippen LogP contribution >= 0.6 is 0 Å². The fourth-order valence-corrected chi connectivity index (χ4v) is 2.45. The van der Waals surface area contributed by atoms with E-state index in [1.54, 1.807) is 13.8 Å². The lowest BCUT2D eigenvalue weighted by atomic mass is 10.1. The first-order valence-corrected chi connectivity index (χ1v) is 9.77. The molecule has 1 fully saturated rings. The Bertz CT molecular complexity index is 580. The van der Waals surface area contributed by atoms with Gasteiger partial charge in [0.1, 0.15) is 0 Å². The SMILES string of the molecule is CCOC(=O)/C=C/C(=O)OCC(COC(=O)/C=C/C(=O)OCC)CN1CCOCC1. The molecule has 168 valence electrons. The molecule has 0 N–H and O–H groups in total. The number of morpholine rings is 1. The second kappa shape index (κ2) is 15.2. The van der Waals surface area contributed by atoms with Gasteiger partial charge in [0.15, 0.2) is 0 Å². The molecule has 10 nitrogen and oxygen atoms in total. The Labute approximate surface area is 175 Å². The van der Waals surface area contributed by atoms with Crippen LogP contribution in [-0.4, -0.2) is 88.1 Å². The number of hydrogen-bond acceptors (Lipinski definition) is 10. The summed E-state index contributed by atoms with van der Waals surface area (Å²) in [6.07, 6.45) is 3.95. The Hall–Kier alpha value is -2.72. The molecule has 0 radical (unpaired) electrons. The largest absolute Gasteiger partial charge is 0.463 e. The van der Waals surface area contributed by atoms with Crippen LogP contribution in [0, 0.1) is 5.92 Å². The number of nitrogens with zero attached hydrogens (tertiary/aromatic N) is 1. The molecule has 0 unspecified atom stereocenters. The van der Waals surface area contributed by atoms with E-state index in [9.17, 15) is 19.2 Å². The topological polar surface area (TPSA) is 118 Å². The molecule has 0 atom stereocenters. The van der Waals surface area contributed by atoms with E-state index in [4.69, 9.17) is 14.2 Å². The van der Waals surface area contributed by atoms with Crippen LogP contribution in [0.3, 0.4) is 0 Å². The molecule has 0 aliphatic carbocycles. The number of rotatable bonds is 12. The molecular formula is C20H29NO9. The highest BCUT2D eigenvalue weighted by Crippen LogP contribution is 2.07. The maximum atomic E-state index is 11.8. The highest BCUT2D eigenvalue weighted by Gasteiger charge is 2.20. The van der Waals surface area contributed by atoms with Crippen molar-refractivity contribution in [2.75, 3.05) is 59.3 Å². The van der Waals surface area contributed by atoms with Crippen molar-refractivity contribution in [1.82, 2.24) is 4.90 Å². The zero-order valence-electron chi connectivity index (χ0n) is 17.4. The van der Waals surface area contributed by atoms with Gasteiger partial charge in [-0.3, -0.25) is 4.90 Å². The Balaban J connectivity index is 2.54. The molecule has 1 heterocycles. The van der Waals surface area contributed by atoms with Crippen LogP contribution in [0.2, 0.25) is 0 Å². The van der Waals surface area contributed by atoms with E-state index >= 15 is 0 Å². The van der Waals surface area contributed by atoms with Crippen LogP contribution in [0.4, 0.5) is 0 Å². The van der Waals surface area contributed by atoms with E-state index in [1.165, 1.54) is 0 Å². The van der Waals surface area contributed by atoms with Crippen molar-refractivity contribution in [1.29, 1.82) is 0 Å². The highest BCUT2D eigenvalue weighted by molar-refractivity contribution is 5.92. The fraction of sp³-hybridized carbons (Fsp3) is 0.600. The predicted molar refractivity (Wildman–Crippen MR) is 104 cm³/mol. The quantitative estimate of drug-likeness (QED) is 0.244. The summed E-state index contributed by atoms with van der Waals surface area (Å²) in [5.74, 6) is -2.99. The Morgan fingerprint density at radius 1 is 0.767 bits per heavy atom.